The minimum absolute atomic E-state index is 0.000374. The first kappa shape index (κ1) is 21.0. The summed E-state index contributed by atoms with van der Waals surface area (Å²) < 4.78 is 6.58. The van der Waals surface area contributed by atoms with E-state index >= 15 is 0 Å². The third-order valence-electron chi connectivity index (χ3n) is 4.04. The maximum absolute atomic E-state index is 12.3. The van der Waals surface area contributed by atoms with Gasteiger partial charge in [0, 0.05) is 19.8 Å². The summed E-state index contributed by atoms with van der Waals surface area (Å²) in [5.74, 6) is 0.343. The highest BCUT2D eigenvalue weighted by Gasteiger charge is 2.16. The number of nitrogens with zero attached hydrogens (tertiary/aromatic N) is 2. The van der Waals surface area contributed by atoms with Crippen molar-refractivity contribution in [2.24, 2.45) is 0 Å². The number of carbonyl (C=O) groups excluding carboxylic acids is 2. The highest BCUT2D eigenvalue weighted by atomic mass is 79.9. The lowest BCUT2D eigenvalue weighted by Crippen LogP contribution is -2.37. The number of rotatable bonds is 8. The van der Waals surface area contributed by atoms with Crippen molar-refractivity contribution in [1.29, 1.82) is 0 Å². The number of aromatic nitrogens is 1. The topological polar surface area (TPSA) is 71.5 Å². The van der Waals surface area contributed by atoms with E-state index in [0.29, 0.717) is 18.0 Å². The van der Waals surface area contributed by atoms with Gasteiger partial charge < -0.3 is 15.0 Å². The van der Waals surface area contributed by atoms with E-state index in [1.54, 1.807) is 19.3 Å². The van der Waals surface area contributed by atoms with Gasteiger partial charge in [-0.25, -0.2) is 0 Å². The molecule has 8 heteroatoms. The molecule has 0 saturated carbocycles. The molecule has 0 saturated heterocycles. The zero-order chi connectivity index (χ0) is 20.6. The molecule has 3 rings (SSSR count). The van der Waals surface area contributed by atoms with Gasteiger partial charge in [0.2, 0.25) is 5.91 Å². The molecule has 150 valence electrons. The number of amides is 2. The zero-order valence-electron chi connectivity index (χ0n) is 15.8. The van der Waals surface area contributed by atoms with Gasteiger partial charge >= 0.3 is 0 Å². The summed E-state index contributed by atoms with van der Waals surface area (Å²) in [6, 6.07) is 16.7. The Morgan fingerprint density at radius 3 is 2.59 bits per heavy atom. The fourth-order valence-electron chi connectivity index (χ4n) is 2.51. The SMILES string of the molecule is CN(CC(=O)NCc1ccc(OCc2ccccn2)cc1)C(=O)c1ccc(Br)s1. The maximum atomic E-state index is 12.3. The Bertz CT molecular complexity index is 961. The van der Waals surface area contributed by atoms with Gasteiger partial charge in [-0.1, -0.05) is 18.2 Å². The lowest BCUT2D eigenvalue weighted by Gasteiger charge is -2.16. The van der Waals surface area contributed by atoms with Crippen molar-refractivity contribution in [3.8, 4) is 5.75 Å². The summed E-state index contributed by atoms with van der Waals surface area (Å²) in [4.78, 5) is 30.6. The van der Waals surface area contributed by atoms with Crippen LogP contribution >= 0.6 is 27.3 Å². The smallest absolute Gasteiger partial charge is 0.264 e. The van der Waals surface area contributed by atoms with Gasteiger partial charge in [-0.15, -0.1) is 11.3 Å². The molecule has 3 aromatic rings. The molecule has 0 atom stereocenters. The molecule has 1 aromatic carbocycles. The normalized spacial score (nSPS) is 10.4. The fraction of sp³-hybridized carbons (Fsp3) is 0.190. The van der Waals surface area contributed by atoms with Gasteiger partial charge in [0.1, 0.15) is 12.4 Å². The second-order valence-corrected chi connectivity index (χ2v) is 8.76. The predicted molar refractivity (Wildman–Crippen MR) is 116 cm³/mol. The number of hydrogen-bond donors (Lipinski definition) is 1. The average Bonchev–Trinajstić information content (AvgIpc) is 3.18. The van der Waals surface area contributed by atoms with Crippen LogP contribution in [0.5, 0.6) is 5.75 Å². The molecule has 0 aliphatic rings. The fourth-order valence-corrected chi connectivity index (χ4v) is 3.89. The summed E-state index contributed by atoms with van der Waals surface area (Å²) >= 11 is 4.68. The summed E-state index contributed by atoms with van der Waals surface area (Å²) in [7, 11) is 1.61. The van der Waals surface area contributed by atoms with Crippen LogP contribution in [-0.4, -0.2) is 35.3 Å². The summed E-state index contributed by atoms with van der Waals surface area (Å²) in [6.45, 7) is 0.781. The summed E-state index contributed by atoms with van der Waals surface area (Å²) in [5.41, 5.74) is 1.80. The van der Waals surface area contributed by atoms with Gasteiger partial charge in [0.05, 0.1) is 20.9 Å². The molecule has 0 unspecified atom stereocenters. The standard InChI is InChI=1S/C21H20BrN3O3S/c1-25(21(27)18-9-10-19(22)29-18)13-20(26)24-12-15-5-7-17(8-6-15)28-14-16-4-2-3-11-23-16/h2-11H,12-14H2,1H3,(H,24,26). The first-order valence-electron chi connectivity index (χ1n) is 8.90. The number of benzene rings is 1. The molecular formula is C21H20BrN3O3S. The van der Waals surface area contributed by atoms with E-state index in [1.165, 1.54) is 16.2 Å². The Hall–Kier alpha value is -2.71. The highest BCUT2D eigenvalue weighted by Crippen LogP contribution is 2.23. The van der Waals surface area contributed by atoms with Crippen LogP contribution in [0.15, 0.2) is 64.6 Å². The van der Waals surface area contributed by atoms with Crippen molar-refractivity contribution in [3.63, 3.8) is 0 Å². The zero-order valence-corrected chi connectivity index (χ0v) is 18.2. The molecule has 2 aromatic heterocycles. The highest BCUT2D eigenvalue weighted by molar-refractivity contribution is 9.11. The van der Waals surface area contributed by atoms with Crippen molar-refractivity contribution in [3.05, 3.63) is 80.7 Å². The van der Waals surface area contributed by atoms with E-state index in [1.807, 2.05) is 48.5 Å². The Balaban J connectivity index is 1.43. The number of ether oxygens (including phenoxy) is 1. The van der Waals surface area contributed by atoms with Crippen LogP contribution in [0.2, 0.25) is 0 Å². The molecular weight excluding hydrogens is 454 g/mol. The van der Waals surface area contributed by atoms with Gasteiger partial charge in [-0.3, -0.25) is 14.6 Å². The van der Waals surface area contributed by atoms with Gasteiger partial charge in [-0.2, -0.15) is 0 Å². The number of hydrogen-bond acceptors (Lipinski definition) is 5. The first-order valence-corrected chi connectivity index (χ1v) is 10.5. The van der Waals surface area contributed by atoms with E-state index in [0.717, 1.165) is 20.8 Å². The minimum Gasteiger partial charge on any atom is -0.487 e. The van der Waals surface area contributed by atoms with Crippen molar-refractivity contribution in [2.45, 2.75) is 13.2 Å². The van der Waals surface area contributed by atoms with Crippen LogP contribution in [0, 0.1) is 0 Å². The number of thiophene rings is 1. The minimum atomic E-state index is -0.216. The van der Waals surface area contributed by atoms with Crippen LogP contribution in [0.25, 0.3) is 0 Å². The lowest BCUT2D eigenvalue weighted by molar-refractivity contribution is -0.121. The number of halogens is 1. The van der Waals surface area contributed by atoms with Gasteiger partial charge in [0.15, 0.2) is 0 Å². The monoisotopic (exact) mass is 473 g/mol. The molecule has 0 bridgehead atoms. The van der Waals surface area contributed by atoms with E-state index in [4.69, 9.17) is 4.74 Å². The molecule has 29 heavy (non-hydrogen) atoms. The third-order valence-corrected chi connectivity index (χ3v) is 5.65. The van der Waals surface area contributed by atoms with Gasteiger partial charge in [0.25, 0.3) is 5.91 Å². The Kier molecular flexibility index (Phi) is 7.37. The summed E-state index contributed by atoms with van der Waals surface area (Å²) in [6.07, 6.45) is 1.73. The van der Waals surface area contributed by atoms with Crippen molar-refractivity contribution >= 4 is 39.1 Å². The van der Waals surface area contributed by atoms with Crippen LogP contribution < -0.4 is 10.1 Å². The average molecular weight is 474 g/mol. The van der Waals surface area contributed by atoms with E-state index in [2.05, 4.69) is 26.2 Å². The quantitative estimate of drug-likeness (QED) is 0.538. The maximum Gasteiger partial charge on any atom is 0.264 e. The second-order valence-electron chi connectivity index (χ2n) is 6.30. The van der Waals surface area contributed by atoms with Crippen LogP contribution in [0.1, 0.15) is 20.9 Å². The molecule has 1 N–H and O–H groups in total. The van der Waals surface area contributed by atoms with Crippen molar-refractivity contribution in [2.75, 3.05) is 13.6 Å². The van der Waals surface area contributed by atoms with Gasteiger partial charge in [-0.05, 0) is 57.9 Å². The largest absolute Gasteiger partial charge is 0.487 e. The van der Waals surface area contributed by atoms with Crippen LogP contribution in [-0.2, 0) is 17.9 Å². The Morgan fingerprint density at radius 1 is 1.14 bits per heavy atom. The lowest BCUT2D eigenvalue weighted by atomic mass is 10.2. The van der Waals surface area contributed by atoms with Crippen molar-refractivity contribution in [1.82, 2.24) is 15.2 Å². The molecule has 6 nitrogen and oxygen atoms in total. The first-order chi connectivity index (χ1) is 14.0. The Morgan fingerprint density at radius 2 is 1.93 bits per heavy atom. The molecule has 0 fully saturated rings. The molecule has 0 aliphatic carbocycles. The van der Waals surface area contributed by atoms with E-state index in [9.17, 15) is 9.59 Å². The predicted octanol–water partition coefficient (Wildman–Crippen LogP) is 3.87. The molecule has 0 spiro atoms. The molecule has 0 aliphatic heterocycles. The van der Waals surface area contributed by atoms with E-state index < -0.39 is 0 Å². The number of pyridine rings is 1. The van der Waals surface area contributed by atoms with Crippen molar-refractivity contribution < 1.29 is 14.3 Å². The molecule has 2 amide bonds. The van der Waals surface area contributed by atoms with Crippen LogP contribution in [0.3, 0.4) is 0 Å². The number of nitrogens with one attached hydrogen (secondary N) is 1. The molecule has 0 radical (unpaired) electrons. The Labute approximate surface area is 181 Å². The van der Waals surface area contributed by atoms with Crippen LogP contribution in [0.4, 0.5) is 0 Å². The summed E-state index contributed by atoms with van der Waals surface area (Å²) in [5, 5.41) is 2.83. The number of likely N-dealkylation sites (N-methyl/N-ethyl adjacent to an activating group) is 1. The van der Waals surface area contributed by atoms with E-state index in [-0.39, 0.29) is 18.4 Å². The third kappa shape index (κ3) is 6.40. The number of carbonyl (C=O) groups is 2. The molecule has 2 heterocycles. The second kappa shape index (κ2) is 10.2.